The minimum Gasteiger partial charge on any atom is -0.310 e. The van der Waals surface area contributed by atoms with Crippen LogP contribution in [0.25, 0.3) is 71.3 Å². The molecule has 0 spiro atoms. The second kappa shape index (κ2) is 14.8. The predicted octanol–water partition coefficient (Wildman–Crippen LogP) is 16.6. The number of hydrogen-bond donors (Lipinski definition) is 0. The van der Waals surface area contributed by atoms with Crippen LogP contribution >= 0.6 is 0 Å². The molecule has 304 valence electrons. The number of benzene rings is 11. The SMILES string of the molecule is c1ccc(C2(c3ccccc3)c3ccccc3-c3ccc(N(c4ccc(-c5ccc(-n6c7ccccc7c7ccc8ccccc8c76)cc5)cc4)c4cccc5ccccc45)cc32)cc1. The summed E-state index contributed by atoms with van der Waals surface area (Å²) in [4.78, 5) is 2.45. The molecular formula is C63H42N2. The Kier molecular flexibility index (Phi) is 8.47. The summed E-state index contributed by atoms with van der Waals surface area (Å²) in [7, 11) is 0. The molecule has 0 saturated heterocycles. The first-order valence-corrected chi connectivity index (χ1v) is 22.5. The first kappa shape index (κ1) is 37.1. The maximum absolute atomic E-state index is 2.46. The van der Waals surface area contributed by atoms with Gasteiger partial charge in [0.25, 0.3) is 0 Å². The normalized spacial score (nSPS) is 12.7. The third-order valence-corrected chi connectivity index (χ3v) is 13.9. The van der Waals surface area contributed by atoms with Gasteiger partial charge in [0.05, 0.1) is 22.1 Å². The summed E-state index contributed by atoms with van der Waals surface area (Å²) in [5.74, 6) is 0. The fourth-order valence-corrected chi connectivity index (χ4v) is 11.0. The van der Waals surface area contributed by atoms with E-state index >= 15 is 0 Å². The van der Waals surface area contributed by atoms with Gasteiger partial charge in [0.1, 0.15) is 0 Å². The van der Waals surface area contributed by atoms with Gasteiger partial charge in [-0.05, 0) is 104 Å². The van der Waals surface area contributed by atoms with Gasteiger partial charge in [-0.1, -0.05) is 206 Å². The number of rotatable bonds is 7. The van der Waals surface area contributed by atoms with Crippen molar-refractivity contribution in [2.75, 3.05) is 4.90 Å². The Labute approximate surface area is 378 Å². The van der Waals surface area contributed by atoms with Gasteiger partial charge in [-0.3, -0.25) is 0 Å². The van der Waals surface area contributed by atoms with Crippen molar-refractivity contribution < 1.29 is 0 Å². The quantitative estimate of drug-likeness (QED) is 0.155. The molecule has 2 heteroatoms. The Morgan fingerprint density at radius 1 is 0.338 bits per heavy atom. The van der Waals surface area contributed by atoms with Gasteiger partial charge >= 0.3 is 0 Å². The average Bonchev–Trinajstić information content (AvgIpc) is 3.88. The Hall–Kier alpha value is -8.46. The van der Waals surface area contributed by atoms with E-state index in [1.54, 1.807) is 0 Å². The third kappa shape index (κ3) is 5.67. The molecule has 0 fully saturated rings. The van der Waals surface area contributed by atoms with E-state index in [-0.39, 0.29) is 0 Å². The number of fused-ring (bicyclic) bond motifs is 9. The molecule has 11 aromatic carbocycles. The molecule has 0 N–H and O–H groups in total. The van der Waals surface area contributed by atoms with Crippen LogP contribution in [0.1, 0.15) is 22.3 Å². The van der Waals surface area contributed by atoms with Crippen LogP contribution in [0.3, 0.4) is 0 Å². The highest BCUT2D eigenvalue weighted by atomic mass is 15.1. The van der Waals surface area contributed by atoms with E-state index in [4.69, 9.17) is 0 Å². The maximum Gasteiger partial charge on any atom is 0.0714 e. The van der Waals surface area contributed by atoms with Crippen molar-refractivity contribution in [2.45, 2.75) is 5.41 Å². The van der Waals surface area contributed by atoms with Crippen molar-refractivity contribution in [1.82, 2.24) is 4.57 Å². The van der Waals surface area contributed by atoms with Crippen molar-refractivity contribution >= 4 is 60.4 Å². The average molecular weight is 827 g/mol. The van der Waals surface area contributed by atoms with Gasteiger partial charge in [0.15, 0.2) is 0 Å². The van der Waals surface area contributed by atoms with Crippen molar-refractivity contribution in [2.24, 2.45) is 0 Å². The van der Waals surface area contributed by atoms with Crippen LogP contribution in [-0.2, 0) is 5.41 Å². The molecule has 12 aromatic rings. The standard InChI is InChI=1S/C63H42N2/c1-3-19-47(20-4-1)63(48-21-5-2-6-22-48)58-27-13-11-25-54(58)55-41-39-51(42-59(55)63)64(60-29-15-18-45-16-7-9-23-52(45)60)49-35-30-43(31-36-49)44-32-37-50(38-33-44)65-61-28-14-12-26-56(61)57-40-34-46-17-8-10-24-53(46)62(57)65/h1-42H. The number of para-hydroxylation sites is 1. The highest BCUT2D eigenvalue weighted by molar-refractivity contribution is 6.18. The van der Waals surface area contributed by atoms with Crippen molar-refractivity contribution in [3.05, 3.63) is 277 Å². The Bertz CT molecular complexity index is 3710. The second-order valence-corrected chi connectivity index (χ2v) is 17.2. The molecule has 1 aromatic heterocycles. The molecule has 1 heterocycles. The zero-order valence-corrected chi connectivity index (χ0v) is 35.6. The largest absolute Gasteiger partial charge is 0.310 e. The molecule has 65 heavy (non-hydrogen) atoms. The summed E-state index contributed by atoms with van der Waals surface area (Å²) in [6.07, 6.45) is 0. The van der Waals surface area contributed by atoms with Crippen LogP contribution in [0.2, 0.25) is 0 Å². The number of anilines is 3. The van der Waals surface area contributed by atoms with Crippen LogP contribution in [0.15, 0.2) is 255 Å². The van der Waals surface area contributed by atoms with E-state index in [1.807, 2.05) is 0 Å². The maximum atomic E-state index is 2.46. The lowest BCUT2D eigenvalue weighted by Gasteiger charge is -2.35. The summed E-state index contributed by atoms with van der Waals surface area (Å²) in [5, 5.41) is 7.45. The smallest absolute Gasteiger partial charge is 0.0714 e. The van der Waals surface area contributed by atoms with Crippen LogP contribution in [-0.4, -0.2) is 4.57 Å². The highest BCUT2D eigenvalue weighted by Gasteiger charge is 2.46. The minimum absolute atomic E-state index is 0.503. The number of nitrogens with zero attached hydrogens (tertiary/aromatic N) is 2. The fraction of sp³-hybridized carbons (Fsp3) is 0.0159. The summed E-state index contributed by atoms with van der Waals surface area (Å²) in [6, 6.07) is 93.8. The predicted molar refractivity (Wildman–Crippen MR) is 273 cm³/mol. The zero-order valence-electron chi connectivity index (χ0n) is 35.6. The van der Waals surface area contributed by atoms with Crippen LogP contribution in [0.5, 0.6) is 0 Å². The minimum atomic E-state index is -0.503. The van der Waals surface area contributed by atoms with E-state index in [0.717, 1.165) is 22.7 Å². The molecule has 0 saturated carbocycles. The topological polar surface area (TPSA) is 8.17 Å². The molecule has 1 aliphatic rings. The molecule has 0 unspecified atom stereocenters. The molecule has 1 aliphatic carbocycles. The first-order valence-electron chi connectivity index (χ1n) is 22.5. The molecule has 0 amide bonds. The van der Waals surface area contributed by atoms with E-state index in [1.165, 1.54) is 87.9 Å². The van der Waals surface area contributed by atoms with E-state index < -0.39 is 5.41 Å². The number of hydrogen-bond acceptors (Lipinski definition) is 1. The van der Waals surface area contributed by atoms with Gasteiger partial charge in [0.2, 0.25) is 0 Å². The monoisotopic (exact) mass is 826 g/mol. The van der Waals surface area contributed by atoms with Gasteiger partial charge in [0, 0.05) is 38.6 Å². The van der Waals surface area contributed by atoms with E-state index in [9.17, 15) is 0 Å². The van der Waals surface area contributed by atoms with Crippen molar-refractivity contribution in [1.29, 1.82) is 0 Å². The summed E-state index contributed by atoms with van der Waals surface area (Å²) >= 11 is 0. The summed E-state index contributed by atoms with van der Waals surface area (Å²) < 4.78 is 2.43. The first-order chi connectivity index (χ1) is 32.3. The lowest BCUT2D eigenvalue weighted by atomic mass is 9.67. The van der Waals surface area contributed by atoms with Gasteiger partial charge in [-0.25, -0.2) is 0 Å². The lowest BCUT2D eigenvalue weighted by Crippen LogP contribution is -2.28. The Morgan fingerprint density at radius 2 is 0.892 bits per heavy atom. The third-order valence-electron chi connectivity index (χ3n) is 13.9. The summed E-state index contributed by atoms with van der Waals surface area (Å²) in [6.45, 7) is 0. The molecule has 13 rings (SSSR count). The van der Waals surface area contributed by atoms with Gasteiger partial charge < -0.3 is 9.47 Å². The molecule has 0 radical (unpaired) electrons. The van der Waals surface area contributed by atoms with Crippen molar-refractivity contribution in [3.63, 3.8) is 0 Å². The van der Waals surface area contributed by atoms with Crippen LogP contribution in [0, 0.1) is 0 Å². The van der Waals surface area contributed by atoms with Crippen LogP contribution in [0.4, 0.5) is 17.1 Å². The molecule has 2 nitrogen and oxygen atoms in total. The van der Waals surface area contributed by atoms with E-state index in [0.29, 0.717) is 0 Å². The fourth-order valence-electron chi connectivity index (χ4n) is 11.0. The number of aromatic nitrogens is 1. The van der Waals surface area contributed by atoms with E-state index in [2.05, 4.69) is 264 Å². The molecule has 0 aliphatic heterocycles. The van der Waals surface area contributed by atoms with Gasteiger partial charge in [-0.2, -0.15) is 0 Å². The Morgan fingerprint density at radius 3 is 1.63 bits per heavy atom. The van der Waals surface area contributed by atoms with Crippen LogP contribution < -0.4 is 4.90 Å². The second-order valence-electron chi connectivity index (χ2n) is 17.2. The zero-order chi connectivity index (χ0) is 42.9. The Balaban J connectivity index is 0.951. The molecule has 0 bridgehead atoms. The summed E-state index contributed by atoms with van der Waals surface area (Å²) in [5.41, 5.74) is 16.4. The van der Waals surface area contributed by atoms with Crippen molar-refractivity contribution in [3.8, 4) is 27.9 Å². The molecular weight excluding hydrogens is 785 g/mol. The lowest BCUT2D eigenvalue weighted by molar-refractivity contribution is 0.768. The molecule has 0 atom stereocenters. The van der Waals surface area contributed by atoms with Gasteiger partial charge in [-0.15, -0.1) is 0 Å². The highest BCUT2D eigenvalue weighted by Crippen LogP contribution is 2.57.